The molecule has 1 amide bonds. The van der Waals surface area contributed by atoms with Crippen molar-refractivity contribution in [3.05, 3.63) is 15.6 Å². The lowest BCUT2D eigenvalue weighted by molar-refractivity contribution is -0.130. The maximum Gasteiger partial charge on any atom is 0.219 e. The fourth-order valence-corrected chi connectivity index (χ4v) is 2.98. The summed E-state index contributed by atoms with van der Waals surface area (Å²) in [5, 5.41) is 0.978. The van der Waals surface area contributed by atoms with Crippen LogP contribution >= 0.6 is 11.3 Å². The second kappa shape index (κ2) is 5.58. The predicted octanol–water partition coefficient (Wildman–Crippen LogP) is 0.928. The molecule has 1 aromatic rings. The Labute approximate surface area is 110 Å². The van der Waals surface area contributed by atoms with E-state index in [0.717, 1.165) is 49.7 Å². The summed E-state index contributed by atoms with van der Waals surface area (Å²) in [7, 11) is 0. The number of carbonyl (C=O) groups excluding carboxylic acids is 2. The average molecular weight is 267 g/mol. The van der Waals surface area contributed by atoms with Crippen molar-refractivity contribution in [1.29, 1.82) is 0 Å². The molecule has 5 nitrogen and oxygen atoms in total. The van der Waals surface area contributed by atoms with Crippen molar-refractivity contribution in [3.8, 4) is 0 Å². The molecule has 98 valence electrons. The first kappa shape index (κ1) is 13.2. The van der Waals surface area contributed by atoms with Gasteiger partial charge in [-0.1, -0.05) is 0 Å². The van der Waals surface area contributed by atoms with Gasteiger partial charge in [-0.15, -0.1) is 11.3 Å². The Balaban J connectivity index is 1.91. The van der Waals surface area contributed by atoms with E-state index in [1.807, 2.05) is 11.8 Å². The van der Waals surface area contributed by atoms with Crippen molar-refractivity contribution < 1.29 is 9.59 Å². The number of nitrogens with zero attached hydrogens (tertiary/aromatic N) is 3. The quantitative estimate of drug-likeness (QED) is 0.765. The van der Waals surface area contributed by atoms with Crippen LogP contribution in [0, 0.1) is 6.92 Å². The van der Waals surface area contributed by atoms with Gasteiger partial charge in [-0.3, -0.25) is 14.5 Å². The van der Waals surface area contributed by atoms with Crippen LogP contribution in [0.5, 0.6) is 0 Å². The number of carbonyl (C=O) groups is 2. The molecule has 6 heteroatoms. The summed E-state index contributed by atoms with van der Waals surface area (Å²) in [6, 6.07) is 0. The highest BCUT2D eigenvalue weighted by atomic mass is 32.1. The maximum absolute atomic E-state index is 11.2. The number of amides is 1. The van der Waals surface area contributed by atoms with Crippen LogP contribution in [-0.2, 0) is 11.3 Å². The molecule has 18 heavy (non-hydrogen) atoms. The number of piperazine rings is 1. The van der Waals surface area contributed by atoms with Crippen LogP contribution in [0.15, 0.2) is 0 Å². The van der Waals surface area contributed by atoms with Crippen LogP contribution in [0.4, 0.5) is 0 Å². The molecule has 2 heterocycles. The Morgan fingerprint density at radius 1 is 1.39 bits per heavy atom. The highest BCUT2D eigenvalue weighted by Crippen LogP contribution is 2.18. The van der Waals surface area contributed by atoms with Crippen LogP contribution in [-0.4, -0.2) is 53.2 Å². The number of thiazole rings is 1. The van der Waals surface area contributed by atoms with Crippen LogP contribution in [0.2, 0.25) is 0 Å². The van der Waals surface area contributed by atoms with Crippen molar-refractivity contribution in [2.75, 3.05) is 26.2 Å². The Morgan fingerprint density at radius 2 is 2.06 bits per heavy atom. The first-order valence-corrected chi connectivity index (χ1v) is 6.81. The van der Waals surface area contributed by atoms with Crippen LogP contribution < -0.4 is 0 Å². The topological polar surface area (TPSA) is 53.5 Å². The molecule has 2 rings (SSSR count). The Morgan fingerprint density at radius 3 is 2.56 bits per heavy atom. The molecule has 0 N–H and O–H groups in total. The Hall–Kier alpha value is -1.27. The molecule has 1 fully saturated rings. The minimum Gasteiger partial charge on any atom is -0.340 e. The second-order valence-corrected chi connectivity index (χ2v) is 5.57. The van der Waals surface area contributed by atoms with Crippen molar-refractivity contribution in [2.45, 2.75) is 20.4 Å². The molecule has 0 radical (unpaired) electrons. The lowest BCUT2D eigenvalue weighted by Crippen LogP contribution is -2.47. The SMILES string of the molecule is CC(=O)N1CCN(Cc2nc(C)c(C=O)s2)CC1. The van der Waals surface area contributed by atoms with E-state index in [1.165, 1.54) is 11.3 Å². The number of aldehydes is 1. The van der Waals surface area contributed by atoms with Gasteiger partial charge in [0.05, 0.1) is 17.1 Å². The van der Waals surface area contributed by atoms with Gasteiger partial charge in [0.15, 0.2) is 6.29 Å². The zero-order chi connectivity index (χ0) is 13.1. The second-order valence-electron chi connectivity index (χ2n) is 4.46. The van der Waals surface area contributed by atoms with E-state index < -0.39 is 0 Å². The van der Waals surface area contributed by atoms with E-state index in [-0.39, 0.29) is 5.91 Å². The third-order valence-electron chi connectivity index (χ3n) is 3.16. The van der Waals surface area contributed by atoms with Gasteiger partial charge in [-0.05, 0) is 6.92 Å². The van der Waals surface area contributed by atoms with E-state index in [4.69, 9.17) is 0 Å². The zero-order valence-electron chi connectivity index (χ0n) is 10.7. The largest absolute Gasteiger partial charge is 0.340 e. The monoisotopic (exact) mass is 267 g/mol. The third-order valence-corrected chi connectivity index (χ3v) is 4.23. The molecular formula is C12H17N3O2S. The summed E-state index contributed by atoms with van der Waals surface area (Å²) in [6.45, 7) is 7.53. The van der Waals surface area contributed by atoms with Gasteiger partial charge < -0.3 is 4.90 Å². The van der Waals surface area contributed by atoms with Gasteiger partial charge in [0.1, 0.15) is 5.01 Å². The fraction of sp³-hybridized carbons (Fsp3) is 0.583. The number of hydrogen-bond acceptors (Lipinski definition) is 5. The maximum atomic E-state index is 11.2. The summed E-state index contributed by atoms with van der Waals surface area (Å²) in [4.78, 5) is 31.2. The molecule has 1 saturated heterocycles. The van der Waals surface area contributed by atoms with Crippen LogP contribution in [0.25, 0.3) is 0 Å². The molecule has 0 bridgehead atoms. The average Bonchev–Trinajstić information content (AvgIpc) is 2.70. The highest BCUT2D eigenvalue weighted by molar-refractivity contribution is 7.13. The summed E-state index contributed by atoms with van der Waals surface area (Å²) in [6.07, 6.45) is 0.865. The molecule has 0 aliphatic carbocycles. The van der Waals surface area contributed by atoms with E-state index in [0.29, 0.717) is 4.88 Å². The van der Waals surface area contributed by atoms with E-state index >= 15 is 0 Å². The van der Waals surface area contributed by atoms with Gasteiger partial charge in [0.25, 0.3) is 0 Å². The molecule has 0 aromatic carbocycles. The lowest BCUT2D eigenvalue weighted by Gasteiger charge is -2.33. The van der Waals surface area contributed by atoms with Crippen LogP contribution in [0.1, 0.15) is 27.3 Å². The van der Waals surface area contributed by atoms with E-state index in [1.54, 1.807) is 6.92 Å². The molecule has 1 aliphatic heterocycles. The fourth-order valence-electron chi connectivity index (χ4n) is 2.05. The van der Waals surface area contributed by atoms with E-state index in [9.17, 15) is 9.59 Å². The first-order chi connectivity index (χ1) is 8.60. The predicted molar refractivity (Wildman–Crippen MR) is 69.8 cm³/mol. The van der Waals surface area contributed by atoms with Gasteiger partial charge in [0, 0.05) is 33.1 Å². The van der Waals surface area contributed by atoms with Crippen molar-refractivity contribution >= 4 is 23.5 Å². The van der Waals surface area contributed by atoms with Crippen molar-refractivity contribution in [1.82, 2.24) is 14.8 Å². The Kier molecular flexibility index (Phi) is 4.08. The smallest absolute Gasteiger partial charge is 0.219 e. The zero-order valence-corrected chi connectivity index (χ0v) is 11.5. The normalized spacial score (nSPS) is 16.9. The molecule has 0 atom stereocenters. The lowest BCUT2D eigenvalue weighted by atomic mass is 10.3. The minimum atomic E-state index is 0.142. The van der Waals surface area contributed by atoms with Gasteiger partial charge in [0.2, 0.25) is 5.91 Å². The van der Waals surface area contributed by atoms with Gasteiger partial charge in [-0.2, -0.15) is 0 Å². The molecule has 0 spiro atoms. The molecule has 0 unspecified atom stereocenters. The summed E-state index contributed by atoms with van der Waals surface area (Å²) in [5.41, 5.74) is 0.812. The van der Waals surface area contributed by atoms with Crippen molar-refractivity contribution in [3.63, 3.8) is 0 Å². The summed E-state index contributed by atoms with van der Waals surface area (Å²) < 4.78 is 0. The molecular weight excluding hydrogens is 250 g/mol. The van der Waals surface area contributed by atoms with E-state index in [2.05, 4.69) is 9.88 Å². The standard InChI is InChI=1S/C12H17N3O2S/c1-9-11(8-16)18-12(13-9)7-14-3-5-15(6-4-14)10(2)17/h8H,3-7H2,1-2H3. The number of aryl methyl sites for hydroxylation is 1. The summed E-state index contributed by atoms with van der Waals surface area (Å²) >= 11 is 1.46. The Bertz CT molecular complexity index is 450. The van der Waals surface area contributed by atoms with Gasteiger partial charge in [-0.25, -0.2) is 4.98 Å². The number of rotatable bonds is 3. The first-order valence-electron chi connectivity index (χ1n) is 5.99. The minimum absolute atomic E-state index is 0.142. The molecule has 0 saturated carbocycles. The number of hydrogen-bond donors (Lipinski definition) is 0. The third kappa shape index (κ3) is 2.94. The highest BCUT2D eigenvalue weighted by Gasteiger charge is 2.19. The summed E-state index contributed by atoms with van der Waals surface area (Å²) in [5.74, 6) is 0.142. The van der Waals surface area contributed by atoms with Crippen molar-refractivity contribution in [2.24, 2.45) is 0 Å². The van der Waals surface area contributed by atoms with Gasteiger partial charge >= 0.3 is 0 Å². The van der Waals surface area contributed by atoms with Crippen LogP contribution in [0.3, 0.4) is 0 Å². The molecule has 1 aliphatic rings. The number of aromatic nitrogens is 1. The molecule has 1 aromatic heterocycles.